The average molecular weight is 306 g/mol. The summed E-state index contributed by atoms with van der Waals surface area (Å²) < 4.78 is 5.32. The van der Waals surface area contributed by atoms with Crippen molar-refractivity contribution in [1.29, 1.82) is 0 Å². The summed E-state index contributed by atoms with van der Waals surface area (Å²) in [6.45, 7) is 2.55. The van der Waals surface area contributed by atoms with Gasteiger partial charge in [-0.1, -0.05) is 65.3 Å². The molecule has 0 saturated carbocycles. The molecule has 0 fully saturated rings. The molecule has 0 saturated heterocycles. The predicted molar refractivity (Wildman–Crippen MR) is 88.7 cm³/mol. The highest BCUT2D eigenvalue weighted by Gasteiger charge is 2.10. The van der Waals surface area contributed by atoms with Crippen molar-refractivity contribution in [2.24, 2.45) is 0 Å². The van der Waals surface area contributed by atoms with Gasteiger partial charge in [0.25, 0.3) is 0 Å². The number of nitrogens with one attached hydrogen (secondary N) is 1. The zero-order chi connectivity index (χ0) is 16.1. The highest BCUT2D eigenvalue weighted by Crippen LogP contribution is 2.20. The van der Waals surface area contributed by atoms with Crippen molar-refractivity contribution in [3.8, 4) is 11.3 Å². The molecule has 2 aromatic carbocycles. The lowest BCUT2D eigenvalue weighted by molar-refractivity contribution is -0.120. The van der Waals surface area contributed by atoms with Gasteiger partial charge in [-0.2, -0.15) is 0 Å². The van der Waals surface area contributed by atoms with Gasteiger partial charge in [-0.15, -0.1) is 0 Å². The number of aryl methyl sites for hydroxylation is 1. The predicted octanol–water partition coefficient (Wildman–Crippen LogP) is 3.51. The van der Waals surface area contributed by atoms with Crippen LogP contribution in [-0.2, 0) is 17.8 Å². The fourth-order valence-corrected chi connectivity index (χ4v) is 2.27. The molecule has 3 rings (SSSR count). The van der Waals surface area contributed by atoms with Crippen LogP contribution >= 0.6 is 0 Å². The molecule has 0 aliphatic rings. The summed E-state index contributed by atoms with van der Waals surface area (Å²) in [6, 6.07) is 19.6. The van der Waals surface area contributed by atoms with E-state index in [1.807, 2.05) is 67.6 Å². The van der Waals surface area contributed by atoms with Crippen LogP contribution in [0.1, 0.15) is 16.8 Å². The molecule has 4 heteroatoms. The van der Waals surface area contributed by atoms with Crippen LogP contribution in [0.4, 0.5) is 0 Å². The largest absolute Gasteiger partial charge is 0.356 e. The van der Waals surface area contributed by atoms with Crippen LogP contribution < -0.4 is 5.32 Å². The summed E-state index contributed by atoms with van der Waals surface area (Å²) in [5.74, 6) is 0.605. The number of carbonyl (C=O) groups excluding carboxylic acids is 1. The number of aromatic nitrogens is 1. The van der Waals surface area contributed by atoms with Gasteiger partial charge >= 0.3 is 0 Å². The molecule has 1 amide bonds. The lowest BCUT2D eigenvalue weighted by Gasteiger charge is -2.03. The van der Waals surface area contributed by atoms with E-state index in [0.29, 0.717) is 18.0 Å². The number of amides is 1. The van der Waals surface area contributed by atoms with Gasteiger partial charge in [-0.3, -0.25) is 4.79 Å². The summed E-state index contributed by atoms with van der Waals surface area (Å²) in [5.41, 5.74) is 3.85. The van der Waals surface area contributed by atoms with Crippen LogP contribution in [-0.4, -0.2) is 11.1 Å². The van der Waals surface area contributed by atoms with Crippen LogP contribution in [0, 0.1) is 6.92 Å². The minimum Gasteiger partial charge on any atom is -0.356 e. The number of rotatable bonds is 5. The Balaban J connectivity index is 1.58. The van der Waals surface area contributed by atoms with Gasteiger partial charge in [0.05, 0.1) is 12.1 Å². The molecule has 1 heterocycles. The summed E-state index contributed by atoms with van der Waals surface area (Å²) in [5, 5.41) is 6.86. The Labute approximate surface area is 135 Å². The topological polar surface area (TPSA) is 55.1 Å². The van der Waals surface area contributed by atoms with E-state index in [0.717, 1.165) is 11.1 Å². The minimum absolute atomic E-state index is 0.0717. The van der Waals surface area contributed by atoms with Crippen molar-refractivity contribution < 1.29 is 9.32 Å². The fraction of sp³-hybridized carbons (Fsp3) is 0.158. The SMILES string of the molecule is Cc1ccc(-c2cc(CC(=O)NCc3ccccc3)no2)cc1. The molecule has 23 heavy (non-hydrogen) atoms. The second-order valence-corrected chi connectivity index (χ2v) is 5.49. The second-order valence-electron chi connectivity index (χ2n) is 5.49. The van der Waals surface area contributed by atoms with Gasteiger partial charge in [0.2, 0.25) is 5.91 Å². The van der Waals surface area contributed by atoms with Gasteiger partial charge in [0.1, 0.15) is 0 Å². The highest BCUT2D eigenvalue weighted by molar-refractivity contribution is 5.78. The molecule has 116 valence electrons. The number of benzene rings is 2. The third-order valence-corrected chi connectivity index (χ3v) is 3.57. The maximum Gasteiger partial charge on any atom is 0.226 e. The number of hydrogen-bond donors (Lipinski definition) is 1. The van der Waals surface area contributed by atoms with Gasteiger partial charge < -0.3 is 9.84 Å². The summed E-state index contributed by atoms with van der Waals surface area (Å²) in [4.78, 5) is 12.0. The lowest BCUT2D eigenvalue weighted by atomic mass is 10.1. The van der Waals surface area contributed by atoms with E-state index in [2.05, 4.69) is 10.5 Å². The van der Waals surface area contributed by atoms with Crippen molar-refractivity contribution in [2.75, 3.05) is 0 Å². The van der Waals surface area contributed by atoms with Crippen molar-refractivity contribution in [3.63, 3.8) is 0 Å². The van der Waals surface area contributed by atoms with Crippen molar-refractivity contribution >= 4 is 5.91 Å². The van der Waals surface area contributed by atoms with E-state index in [4.69, 9.17) is 4.52 Å². The molecule has 0 radical (unpaired) electrons. The van der Waals surface area contributed by atoms with Gasteiger partial charge in [-0.25, -0.2) is 0 Å². The lowest BCUT2D eigenvalue weighted by Crippen LogP contribution is -2.24. The van der Waals surface area contributed by atoms with Crippen LogP contribution in [0.25, 0.3) is 11.3 Å². The van der Waals surface area contributed by atoms with E-state index in [9.17, 15) is 4.79 Å². The van der Waals surface area contributed by atoms with E-state index < -0.39 is 0 Å². The second kappa shape index (κ2) is 6.92. The first kappa shape index (κ1) is 15.0. The molecule has 0 aliphatic heterocycles. The maximum atomic E-state index is 12.0. The van der Waals surface area contributed by atoms with Gasteiger partial charge in [0.15, 0.2) is 5.76 Å². The van der Waals surface area contributed by atoms with Crippen LogP contribution in [0.5, 0.6) is 0 Å². The first-order chi connectivity index (χ1) is 11.2. The van der Waals surface area contributed by atoms with Gasteiger partial charge in [-0.05, 0) is 12.5 Å². The molecule has 0 aliphatic carbocycles. The Hall–Kier alpha value is -2.88. The zero-order valence-electron chi connectivity index (χ0n) is 13.0. The molecule has 0 atom stereocenters. The number of nitrogens with zero attached hydrogens (tertiary/aromatic N) is 1. The third-order valence-electron chi connectivity index (χ3n) is 3.57. The van der Waals surface area contributed by atoms with Gasteiger partial charge in [0, 0.05) is 18.2 Å². The quantitative estimate of drug-likeness (QED) is 0.785. The molecule has 0 spiro atoms. The molecule has 3 aromatic rings. The highest BCUT2D eigenvalue weighted by atomic mass is 16.5. The number of carbonyl (C=O) groups is 1. The Morgan fingerprint density at radius 2 is 1.83 bits per heavy atom. The van der Waals surface area contributed by atoms with Crippen LogP contribution in [0.2, 0.25) is 0 Å². The fourth-order valence-electron chi connectivity index (χ4n) is 2.27. The molecule has 0 unspecified atom stereocenters. The Morgan fingerprint density at radius 1 is 1.09 bits per heavy atom. The zero-order valence-corrected chi connectivity index (χ0v) is 13.0. The number of hydrogen-bond acceptors (Lipinski definition) is 3. The summed E-state index contributed by atoms with van der Waals surface area (Å²) >= 11 is 0. The molecule has 0 bridgehead atoms. The van der Waals surface area contributed by atoms with E-state index in [1.165, 1.54) is 5.56 Å². The first-order valence-corrected chi connectivity index (χ1v) is 7.54. The standard InChI is InChI=1S/C19H18N2O2/c1-14-7-9-16(10-8-14)18-11-17(21-23-18)12-19(22)20-13-15-5-3-2-4-6-15/h2-11H,12-13H2,1H3,(H,20,22). The van der Waals surface area contributed by atoms with Crippen LogP contribution in [0.15, 0.2) is 65.2 Å². The normalized spacial score (nSPS) is 10.5. The minimum atomic E-state index is -0.0717. The Bertz CT molecular complexity index is 777. The average Bonchev–Trinajstić information content (AvgIpc) is 3.03. The molecule has 4 nitrogen and oxygen atoms in total. The first-order valence-electron chi connectivity index (χ1n) is 7.54. The van der Waals surface area contributed by atoms with E-state index in [1.54, 1.807) is 0 Å². The Morgan fingerprint density at radius 3 is 2.57 bits per heavy atom. The summed E-state index contributed by atoms with van der Waals surface area (Å²) in [6.07, 6.45) is 0.211. The smallest absolute Gasteiger partial charge is 0.226 e. The molecule has 1 N–H and O–H groups in total. The summed E-state index contributed by atoms with van der Waals surface area (Å²) in [7, 11) is 0. The van der Waals surface area contributed by atoms with E-state index in [-0.39, 0.29) is 12.3 Å². The molecule has 1 aromatic heterocycles. The molecular weight excluding hydrogens is 288 g/mol. The van der Waals surface area contributed by atoms with Crippen LogP contribution in [0.3, 0.4) is 0 Å². The van der Waals surface area contributed by atoms with Crippen molar-refractivity contribution in [1.82, 2.24) is 10.5 Å². The Kier molecular flexibility index (Phi) is 4.52. The third kappa shape index (κ3) is 4.07. The molecular formula is C19H18N2O2. The monoisotopic (exact) mass is 306 g/mol. The van der Waals surface area contributed by atoms with E-state index >= 15 is 0 Å². The maximum absolute atomic E-state index is 12.0. The van der Waals surface area contributed by atoms with Crippen molar-refractivity contribution in [2.45, 2.75) is 19.9 Å². The van der Waals surface area contributed by atoms with Crippen molar-refractivity contribution in [3.05, 3.63) is 77.5 Å².